The van der Waals surface area contributed by atoms with Crippen molar-refractivity contribution in [2.45, 2.75) is 50.3 Å². The zero-order chi connectivity index (χ0) is 11.5. The summed E-state index contributed by atoms with van der Waals surface area (Å²) < 4.78 is 5.73. The third-order valence-corrected chi connectivity index (χ3v) is 4.29. The van der Waals surface area contributed by atoms with Gasteiger partial charge in [0.1, 0.15) is 0 Å². The van der Waals surface area contributed by atoms with E-state index in [4.69, 9.17) is 4.74 Å². The highest BCUT2D eigenvalue weighted by Crippen LogP contribution is 2.30. The van der Waals surface area contributed by atoms with Crippen molar-refractivity contribution in [3.63, 3.8) is 0 Å². The fourth-order valence-electron chi connectivity index (χ4n) is 3.46. The van der Waals surface area contributed by atoms with E-state index in [0.717, 1.165) is 0 Å². The fraction of sp³-hybridized carbons (Fsp3) is 1.00. The van der Waals surface area contributed by atoms with E-state index in [0.29, 0.717) is 18.2 Å². The molecule has 3 atom stereocenters. The van der Waals surface area contributed by atoms with Gasteiger partial charge in [0.05, 0.1) is 12.1 Å². The van der Waals surface area contributed by atoms with Gasteiger partial charge in [-0.25, -0.2) is 0 Å². The summed E-state index contributed by atoms with van der Waals surface area (Å²) in [5.74, 6) is 0. The minimum atomic E-state index is 0.444. The van der Waals surface area contributed by atoms with Crippen LogP contribution in [0.4, 0.5) is 0 Å². The van der Waals surface area contributed by atoms with Crippen molar-refractivity contribution < 1.29 is 4.74 Å². The molecule has 0 bridgehead atoms. The SMILES string of the molecule is CO[C@H]1CCC[C@H](N(C)C)[C@H]1N1CCCC1. The molecule has 1 saturated heterocycles. The molecular weight excluding hydrogens is 200 g/mol. The second-order valence-electron chi connectivity index (χ2n) is 5.47. The summed E-state index contributed by atoms with van der Waals surface area (Å²) in [4.78, 5) is 5.06. The maximum atomic E-state index is 5.73. The van der Waals surface area contributed by atoms with Crippen LogP contribution in [0, 0.1) is 0 Å². The summed E-state index contributed by atoms with van der Waals surface area (Å²) >= 11 is 0. The first-order chi connectivity index (χ1) is 7.74. The molecular formula is C13H26N2O. The number of likely N-dealkylation sites (N-methyl/N-ethyl adjacent to an activating group) is 1. The van der Waals surface area contributed by atoms with Crippen LogP contribution in [0.2, 0.25) is 0 Å². The number of hydrogen-bond acceptors (Lipinski definition) is 3. The Morgan fingerprint density at radius 1 is 1.06 bits per heavy atom. The van der Waals surface area contributed by atoms with Gasteiger partial charge in [0.2, 0.25) is 0 Å². The lowest BCUT2D eigenvalue weighted by atomic mass is 9.86. The molecule has 2 aliphatic rings. The van der Waals surface area contributed by atoms with E-state index in [1.165, 1.54) is 45.2 Å². The number of rotatable bonds is 3. The lowest BCUT2D eigenvalue weighted by Gasteiger charge is -2.45. The van der Waals surface area contributed by atoms with Gasteiger partial charge in [-0.05, 0) is 59.3 Å². The van der Waals surface area contributed by atoms with Gasteiger partial charge in [-0.1, -0.05) is 0 Å². The van der Waals surface area contributed by atoms with Crippen molar-refractivity contribution in [1.29, 1.82) is 0 Å². The van der Waals surface area contributed by atoms with Crippen LogP contribution in [0.5, 0.6) is 0 Å². The molecule has 1 aliphatic heterocycles. The van der Waals surface area contributed by atoms with Gasteiger partial charge >= 0.3 is 0 Å². The van der Waals surface area contributed by atoms with Crippen molar-refractivity contribution >= 4 is 0 Å². The van der Waals surface area contributed by atoms with Crippen molar-refractivity contribution in [2.75, 3.05) is 34.3 Å². The lowest BCUT2D eigenvalue weighted by molar-refractivity contribution is -0.0390. The molecule has 0 aromatic heterocycles. The van der Waals surface area contributed by atoms with E-state index in [9.17, 15) is 0 Å². The third kappa shape index (κ3) is 2.41. The van der Waals surface area contributed by atoms with Crippen LogP contribution in [-0.4, -0.2) is 62.3 Å². The molecule has 3 heteroatoms. The maximum Gasteiger partial charge on any atom is 0.0741 e. The van der Waals surface area contributed by atoms with Gasteiger partial charge < -0.3 is 9.64 Å². The molecule has 3 nitrogen and oxygen atoms in total. The Bertz CT molecular complexity index is 212. The van der Waals surface area contributed by atoms with Gasteiger partial charge in [0.15, 0.2) is 0 Å². The molecule has 1 heterocycles. The van der Waals surface area contributed by atoms with E-state index < -0.39 is 0 Å². The summed E-state index contributed by atoms with van der Waals surface area (Å²) in [5.41, 5.74) is 0. The summed E-state index contributed by atoms with van der Waals surface area (Å²) in [6, 6.07) is 1.30. The van der Waals surface area contributed by atoms with Crippen LogP contribution < -0.4 is 0 Å². The third-order valence-electron chi connectivity index (χ3n) is 4.29. The van der Waals surface area contributed by atoms with Crippen molar-refractivity contribution in [3.05, 3.63) is 0 Å². The quantitative estimate of drug-likeness (QED) is 0.726. The monoisotopic (exact) mass is 226 g/mol. The zero-order valence-electron chi connectivity index (χ0n) is 11.0. The Morgan fingerprint density at radius 3 is 2.31 bits per heavy atom. The van der Waals surface area contributed by atoms with Gasteiger partial charge in [-0.15, -0.1) is 0 Å². The minimum Gasteiger partial charge on any atom is -0.380 e. The minimum absolute atomic E-state index is 0.444. The molecule has 0 spiro atoms. The van der Waals surface area contributed by atoms with E-state index in [2.05, 4.69) is 23.9 Å². The van der Waals surface area contributed by atoms with Crippen molar-refractivity contribution in [2.24, 2.45) is 0 Å². The van der Waals surface area contributed by atoms with Gasteiger partial charge in [0.25, 0.3) is 0 Å². The van der Waals surface area contributed by atoms with E-state index >= 15 is 0 Å². The number of nitrogens with zero attached hydrogens (tertiary/aromatic N) is 2. The Balaban J connectivity index is 2.10. The number of ether oxygens (including phenoxy) is 1. The Hall–Kier alpha value is -0.120. The van der Waals surface area contributed by atoms with Crippen LogP contribution in [0.1, 0.15) is 32.1 Å². The molecule has 0 radical (unpaired) electrons. The smallest absolute Gasteiger partial charge is 0.0741 e. The standard InChI is InChI=1S/C13H26N2O/c1-14(2)11-7-6-8-12(16-3)13(11)15-9-4-5-10-15/h11-13H,4-10H2,1-3H3/t11-,12-,13+/m0/s1. The summed E-state index contributed by atoms with van der Waals surface area (Å²) in [7, 11) is 6.31. The highest BCUT2D eigenvalue weighted by molar-refractivity contribution is 4.95. The molecule has 1 aliphatic carbocycles. The van der Waals surface area contributed by atoms with Gasteiger partial charge in [-0.3, -0.25) is 4.90 Å². The second kappa shape index (κ2) is 5.48. The predicted octanol–water partition coefficient (Wildman–Crippen LogP) is 1.58. The molecule has 0 N–H and O–H groups in total. The van der Waals surface area contributed by atoms with Crippen LogP contribution in [0.15, 0.2) is 0 Å². The van der Waals surface area contributed by atoms with Crippen LogP contribution in [0.3, 0.4) is 0 Å². The highest BCUT2D eigenvalue weighted by Gasteiger charge is 2.39. The molecule has 94 valence electrons. The van der Waals surface area contributed by atoms with Crippen LogP contribution in [-0.2, 0) is 4.74 Å². The van der Waals surface area contributed by atoms with Crippen molar-refractivity contribution in [3.8, 4) is 0 Å². The molecule has 0 aromatic rings. The molecule has 2 rings (SSSR count). The molecule has 0 aromatic carbocycles. The molecule has 0 unspecified atom stereocenters. The number of hydrogen-bond donors (Lipinski definition) is 0. The average Bonchev–Trinajstić information content (AvgIpc) is 2.81. The maximum absolute atomic E-state index is 5.73. The topological polar surface area (TPSA) is 15.7 Å². The van der Waals surface area contributed by atoms with E-state index in [-0.39, 0.29) is 0 Å². The Labute approximate surface area is 99.7 Å². The first-order valence-electron chi connectivity index (χ1n) is 6.67. The Kier molecular flexibility index (Phi) is 4.22. The largest absolute Gasteiger partial charge is 0.380 e. The molecule has 1 saturated carbocycles. The van der Waals surface area contributed by atoms with Crippen LogP contribution >= 0.6 is 0 Å². The van der Waals surface area contributed by atoms with Crippen molar-refractivity contribution in [1.82, 2.24) is 9.80 Å². The van der Waals surface area contributed by atoms with Gasteiger partial charge in [-0.2, -0.15) is 0 Å². The lowest BCUT2D eigenvalue weighted by Crippen LogP contribution is -2.57. The second-order valence-corrected chi connectivity index (χ2v) is 5.47. The zero-order valence-corrected chi connectivity index (χ0v) is 11.0. The number of likely N-dealkylation sites (tertiary alicyclic amines) is 1. The predicted molar refractivity (Wildman–Crippen MR) is 66.7 cm³/mol. The number of methoxy groups -OCH3 is 1. The summed E-state index contributed by atoms with van der Waals surface area (Å²) in [6.45, 7) is 2.55. The highest BCUT2D eigenvalue weighted by atomic mass is 16.5. The normalized spacial score (nSPS) is 37.1. The first kappa shape index (κ1) is 12.3. The molecule has 16 heavy (non-hydrogen) atoms. The average molecular weight is 226 g/mol. The summed E-state index contributed by atoms with van der Waals surface area (Å²) in [5, 5.41) is 0. The van der Waals surface area contributed by atoms with Crippen LogP contribution in [0.25, 0.3) is 0 Å². The van der Waals surface area contributed by atoms with Gasteiger partial charge in [0, 0.05) is 13.2 Å². The fourth-order valence-corrected chi connectivity index (χ4v) is 3.46. The molecule has 2 fully saturated rings. The molecule has 0 amide bonds. The van der Waals surface area contributed by atoms with E-state index in [1.807, 2.05) is 7.11 Å². The Morgan fingerprint density at radius 2 is 1.75 bits per heavy atom. The first-order valence-corrected chi connectivity index (χ1v) is 6.67. The summed E-state index contributed by atoms with van der Waals surface area (Å²) in [6.07, 6.45) is 7.06. The van der Waals surface area contributed by atoms with E-state index in [1.54, 1.807) is 0 Å².